The lowest BCUT2D eigenvalue weighted by atomic mass is 10.0. The SMILES string of the molecule is CC(NC(=O)c1cc(Br)c[nH]1)c1cccc(C(F)(F)F)c1. The molecule has 1 heterocycles. The number of halogens is 4. The first kappa shape index (κ1) is 15.6. The van der Waals surface area contributed by atoms with Crippen LogP contribution in [0.15, 0.2) is 41.0 Å². The Kier molecular flexibility index (Phi) is 4.41. The number of aromatic nitrogens is 1. The van der Waals surface area contributed by atoms with Gasteiger partial charge in [-0.2, -0.15) is 13.2 Å². The number of nitrogens with one attached hydrogen (secondary N) is 2. The van der Waals surface area contributed by atoms with E-state index < -0.39 is 17.8 Å². The number of hydrogen-bond acceptors (Lipinski definition) is 1. The predicted octanol–water partition coefficient (Wildman–Crippen LogP) is 4.29. The van der Waals surface area contributed by atoms with Crippen LogP contribution in [0.4, 0.5) is 13.2 Å². The molecule has 2 rings (SSSR count). The van der Waals surface area contributed by atoms with Crippen molar-refractivity contribution in [3.63, 3.8) is 0 Å². The zero-order valence-electron chi connectivity index (χ0n) is 11.0. The van der Waals surface area contributed by atoms with Gasteiger partial charge in [0.05, 0.1) is 11.6 Å². The lowest BCUT2D eigenvalue weighted by Gasteiger charge is -2.15. The fourth-order valence-corrected chi connectivity index (χ4v) is 2.18. The molecule has 0 spiro atoms. The number of benzene rings is 1. The van der Waals surface area contributed by atoms with Gasteiger partial charge < -0.3 is 10.3 Å². The molecule has 0 aliphatic heterocycles. The smallest absolute Gasteiger partial charge is 0.356 e. The summed E-state index contributed by atoms with van der Waals surface area (Å²) < 4.78 is 38.7. The number of aromatic amines is 1. The fourth-order valence-electron chi connectivity index (χ4n) is 1.84. The Balaban J connectivity index is 2.13. The molecule has 21 heavy (non-hydrogen) atoms. The molecular weight excluding hydrogens is 349 g/mol. The Bertz CT molecular complexity index is 652. The Morgan fingerprint density at radius 2 is 2.05 bits per heavy atom. The Labute approximate surface area is 127 Å². The van der Waals surface area contributed by atoms with E-state index in [9.17, 15) is 18.0 Å². The quantitative estimate of drug-likeness (QED) is 0.842. The molecule has 2 aromatic rings. The van der Waals surface area contributed by atoms with Gasteiger partial charge in [0.1, 0.15) is 5.69 Å². The number of hydrogen-bond donors (Lipinski definition) is 2. The molecule has 7 heteroatoms. The third-order valence-electron chi connectivity index (χ3n) is 2.95. The molecule has 1 unspecified atom stereocenters. The van der Waals surface area contributed by atoms with Crippen LogP contribution < -0.4 is 5.32 Å². The summed E-state index contributed by atoms with van der Waals surface area (Å²) in [5, 5.41) is 2.65. The number of rotatable bonds is 3. The van der Waals surface area contributed by atoms with E-state index in [1.54, 1.807) is 25.3 Å². The first-order valence-corrected chi connectivity index (χ1v) is 6.88. The Morgan fingerprint density at radius 3 is 2.62 bits per heavy atom. The molecule has 1 amide bonds. The molecule has 0 saturated heterocycles. The maximum absolute atomic E-state index is 12.7. The highest BCUT2D eigenvalue weighted by Gasteiger charge is 2.30. The number of H-pyrrole nitrogens is 1. The average molecular weight is 361 g/mol. The normalized spacial score (nSPS) is 13.0. The zero-order chi connectivity index (χ0) is 15.6. The molecule has 1 aromatic heterocycles. The van der Waals surface area contributed by atoms with Gasteiger partial charge in [-0.1, -0.05) is 12.1 Å². The summed E-state index contributed by atoms with van der Waals surface area (Å²) in [6, 6.07) is 5.96. The second-order valence-electron chi connectivity index (χ2n) is 4.55. The van der Waals surface area contributed by atoms with Gasteiger partial charge in [0.25, 0.3) is 5.91 Å². The summed E-state index contributed by atoms with van der Waals surface area (Å²) in [6.07, 6.45) is -2.80. The molecular formula is C14H12BrF3N2O. The number of alkyl halides is 3. The van der Waals surface area contributed by atoms with E-state index in [1.807, 2.05) is 0 Å². The molecule has 0 aliphatic carbocycles. The summed E-state index contributed by atoms with van der Waals surface area (Å²) in [5.41, 5.74) is -0.00628. The van der Waals surface area contributed by atoms with Crippen LogP contribution in [0.5, 0.6) is 0 Å². The highest BCUT2D eigenvalue weighted by Crippen LogP contribution is 2.30. The minimum absolute atomic E-state index is 0.334. The van der Waals surface area contributed by atoms with Crippen LogP contribution in [0, 0.1) is 0 Å². The van der Waals surface area contributed by atoms with Gasteiger partial charge in [-0.15, -0.1) is 0 Å². The van der Waals surface area contributed by atoms with Crippen LogP contribution in [0.1, 0.15) is 34.6 Å². The predicted molar refractivity (Wildman–Crippen MR) is 75.8 cm³/mol. The average Bonchev–Trinajstić information content (AvgIpc) is 2.84. The van der Waals surface area contributed by atoms with Crippen LogP contribution in [-0.2, 0) is 6.18 Å². The van der Waals surface area contributed by atoms with Gasteiger partial charge in [0.2, 0.25) is 0 Å². The molecule has 0 fully saturated rings. The van der Waals surface area contributed by atoms with Gasteiger partial charge in [-0.25, -0.2) is 0 Å². The van der Waals surface area contributed by atoms with Crippen molar-refractivity contribution in [2.45, 2.75) is 19.1 Å². The molecule has 112 valence electrons. The Morgan fingerprint density at radius 1 is 1.33 bits per heavy atom. The van der Waals surface area contributed by atoms with Gasteiger partial charge in [0, 0.05) is 10.7 Å². The largest absolute Gasteiger partial charge is 0.416 e. The van der Waals surface area contributed by atoms with Gasteiger partial charge in [-0.3, -0.25) is 4.79 Å². The van der Waals surface area contributed by atoms with Crippen molar-refractivity contribution in [2.24, 2.45) is 0 Å². The summed E-state index contributed by atoms with van der Waals surface area (Å²) in [5.74, 6) is -0.384. The molecule has 2 N–H and O–H groups in total. The summed E-state index contributed by atoms with van der Waals surface area (Å²) in [6.45, 7) is 1.63. The van der Waals surface area contributed by atoms with Crippen molar-refractivity contribution >= 4 is 21.8 Å². The summed E-state index contributed by atoms with van der Waals surface area (Å²) in [7, 11) is 0. The van der Waals surface area contributed by atoms with Gasteiger partial charge >= 0.3 is 6.18 Å². The molecule has 0 bridgehead atoms. The summed E-state index contributed by atoms with van der Waals surface area (Å²) >= 11 is 3.21. The second kappa shape index (κ2) is 5.93. The molecule has 1 aromatic carbocycles. The standard InChI is InChI=1S/C14H12BrF3N2O/c1-8(20-13(21)12-6-11(15)7-19-12)9-3-2-4-10(5-9)14(16,17)18/h2-8,19H,1H3,(H,20,21). The first-order chi connectivity index (χ1) is 9.77. The fraction of sp³-hybridized carbons (Fsp3) is 0.214. The number of amides is 1. The van der Waals surface area contributed by atoms with Crippen LogP contribution in [0.25, 0.3) is 0 Å². The summed E-state index contributed by atoms with van der Waals surface area (Å²) in [4.78, 5) is 14.7. The molecule has 0 aliphatic rings. The maximum Gasteiger partial charge on any atom is 0.416 e. The van der Waals surface area contributed by atoms with Crippen molar-refractivity contribution in [2.75, 3.05) is 0 Å². The van der Waals surface area contributed by atoms with Gasteiger partial charge in [0.15, 0.2) is 0 Å². The zero-order valence-corrected chi connectivity index (χ0v) is 12.5. The van der Waals surface area contributed by atoms with E-state index in [0.29, 0.717) is 11.3 Å². The maximum atomic E-state index is 12.7. The number of carbonyl (C=O) groups is 1. The van der Waals surface area contributed by atoms with E-state index in [4.69, 9.17) is 0 Å². The lowest BCUT2D eigenvalue weighted by Crippen LogP contribution is -2.27. The van der Waals surface area contributed by atoms with E-state index in [2.05, 4.69) is 26.2 Å². The van der Waals surface area contributed by atoms with Gasteiger partial charge in [-0.05, 0) is 46.6 Å². The lowest BCUT2D eigenvalue weighted by molar-refractivity contribution is -0.137. The molecule has 0 radical (unpaired) electrons. The molecule has 3 nitrogen and oxygen atoms in total. The van der Waals surface area contributed by atoms with Crippen LogP contribution in [0.2, 0.25) is 0 Å². The van der Waals surface area contributed by atoms with Crippen molar-refractivity contribution < 1.29 is 18.0 Å². The van der Waals surface area contributed by atoms with Crippen LogP contribution in [-0.4, -0.2) is 10.9 Å². The van der Waals surface area contributed by atoms with Crippen LogP contribution >= 0.6 is 15.9 Å². The second-order valence-corrected chi connectivity index (χ2v) is 5.47. The van der Waals surface area contributed by atoms with E-state index in [-0.39, 0.29) is 5.91 Å². The van der Waals surface area contributed by atoms with Crippen molar-refractivity contribution in [3.8, 4) is 0 Å². The van der Waals surface area contributed by atoms with Crippen molar-refractivity contribution in [1.29, 1.82) is 0 Å². The Hall–Kier alpha value is -1.76. The highest BCUT2D eigenvalue weighted by atomic mass is 79.9. The minimum Gasteiger partial charge on any atom is -0.356 e. The first-order valence-electron chi connectivity index (χ1n) is 6.09. The third-order valence-corrected chi connectivity index (χ3v) is 3.41. The van der Waals surface area contributed by atoms with E-state index in [0.717, 1.165) is 16.6 Å². The molecule has 0 saturated carbocycles. The minimum atomic E-state index is -4.40. The van der Waals surface area contributed by atoms with Crippen molar-refractivity contribution in [3.05, 3.63) is 57.8 Å². The monoisotopic (exact) mass is 360 g/mol. The number of carbonyl (C=O) groups excluding carboxylic acids is 1. The van der Waals surface area contributed by atoms with E-state index in [1.165, 1.54) is 6.07 Å². The van der Waals surface area contributed by atoms with Crippen molar-refractivity contribution in [1.82, 2.24) is 10.3 Å². The topological polar surface area (TPSA) is 44.9 Å². The van der Waals surface area contributed by atoms with E-state index >= 15 is 0 Å². The van der Waals surface area contributed by atoms with Crippen LogP contribution in [0.3, 0.4) is 0 Å². The highest BCUT2D eigenvalue weighted by molar-refractivity contribution is 9.10. The molecule has 1 atom stereocenters. The third kappa shape index (κ3) is 3.87.